The molecule has 36 heavy (non-hydrogen) atoms. The number of methoxy groups -OCH3 is 2. The number of carboxylic acids is 1. The summed E-state index contributed by atoms with van der Waals surface area (Å²) in [5.41, 5.74) is 0.829. The van der Waals surface area contributed by atoms with E-state index in [1.807, 2.05) is 0 Å². The highest BCUT2D eigenvalue weighted by molar-refractivity contribution is 8.15. The Bertz CT molecular complexity index is 1540. The molecule has 1 aliphatic heterocycles. The highest BCUT2D eigenvalue weighted by Gasteiger charge is 2.31. The molecule has 9 heteroatoms. The maximum absolute atomic E-state index is 12.1. The molecule has 184 valence electrons. The Morgan fingerprint density at radius 3 is 2.14 bits per heavy atom. The van der Waals surface area contributed by atoms with Crippen molar-refractivity contribution in [1.29, 1.82) is 0 Å². The zero-order valence-electron chi connectivity index (χ0n) is 25.4. The molecule has 3 aromatic rings. The van der Waals surface area contributed by atoms with Gasteiger partial charge in [0.25, 0.3) is 5.24 Å². The molecule has 1 fully saturated rings. The van der Waals surface area contributed by atoms with E-state index >= 15 is 0 Å². The summed E-state index contributed by atoms with van der Waals surface area (Å²) in [5.74, 6) is -1.67. The number of benzene rings is 3. The van der Waals surface area contributed by atoms with Gasteiger partial charge in [0.15, 0.2) is 0 Å². The molecule has 1 heterocycles. The molecular weight excluding hydrogens is 482 g/mol. The first-order chi connectivity index (χ1) is 20.0. The minimum absolute atomic E-state index is 0.0174. The predicted molar refractivity (Wildman–Crippen MR) is 137 cm³/mol. The van der Waals surface area contributed by atoms with Crippen LogP contribution < -0.4 is 19.5 Å². The summed E-state index contributed by atoms with van der Waals surface area (Å²) in [5, 5.41) is 9.78. The second kappa shape index (κ2) is 11.0. The third kappa shape index (κ3) is 6.05. The Kier molecular flexibility index (Phi) is 5.27. The van der Waals surface area contributed by atoms with E-state index in [1.54, 1.807) is 24.3 Å². The van der Waals surface area contributed by atoms with E-state index < -0.39 is 36.4 Å². The molecule has 1 atom stereocenters. The smallest absolute Gasteiger partial charge is 0.336 e. The topological polar surface area (TPSA) is 111 Å². The number of thioether (sulfide) groups is 1. The van der Waals surface area contributed by atoms with Crippen LogP contribution in [-0.4, -0.2) is 41.5 Å². The molecule has 0 aromatic heterocycles. The van der Waals surface area contributed by atoms with Crippen LogP contribution in [0.4, 0.5) is 4.79 Å². The Balaban J connectivity index is 1.53. The van der Waals surface area contributed by atoms with Crippen LogP contribution in [0.2, 0.25) is 0 Å². The normalized spacial score (nSPS) is 21.0. The maximum Gasteiger partial charge on any atom is 0.336 e. The van der Waals surface area contributed by atoms with Crippen molar-refractivity contribution in [2.45, 2.75) is 11.6 Å². The summed E-state index contributed by atoms with van der Waals surface area (Å²) in [6, 6.07) is 16.2. The van der Waals surface area contributed by atoms with Gasteiger partial charge >= 0.3 is 5.97 Å². The second-order valence-electron chi connectivity index (χ2n) is 7.52. The van der Waals surface area contributed by atoms with Gasteiger partial charge in [0, 0.05) is 6.07 Å². The number of carbonyl (C=O) groups is 3. The molecule has 1 aliphatic rings. The van der Waals surface area contributed by atoms with Gasteiger partial charge in [-0.15, -0.1) is 0 Å². The molecule has 2 N–H and O–H groups in total. The van der Waals surface area contributed by atoms with Crippen LogP contribution in [0, 0.1) is 0 Å². The summed E-state index contributed by atoms with van der Waals surface area (Å²) in [6.45, 7) is 0. The Morgan fingerprint density at radius 1 is 1.00 bits per heavy atom. The summed E-state index contributed by atoms with van der Waals surface area (Å²) in [6.07, 6.45) is 1.23. The van der Waals surface area contributed by atoms with Crippen LogP contribution in [0.1, 0.15) is 26.3 Å². The van der Waals surface area contributed by atoms with Gasteiger partial charge in [0.2, 0.25) is 5.91 Å². The van der Waals surface area contributed by atoms with Gasteiger partial charge in [-0.1, -0.05) is 36.0 Å². The SMILES string of the molecule is [2H]C([2H])([2H])Oc1cc(/C=C(/C(=O)O)c2ccc(Oc3ccc(C[C@]4([2H])SC(=O)NC4=O)cc3)cc2)cc(OC([2H])([2H])[2H])c1. The van der Waals surface area contributed by atoms with Crippen molar-refractivity contribution < 1.29 is 43.3 Å². The Hall–Kier alpha value is -4.24. The number of hydrogen-bond acceptors (Lipinski definition) is 7. The standard InChI is InChI=1S/C27H23NO7S/c1-33-21-11-17(12-22(15-21)34-2)13-23(26(30)31)18-5-9-20(10-6-18)35-19-7-3-16(4-8-19)14-24-25(29)28-27(32)36-24/h3-13,15,24H,14H2,1-2H3,(H,30,31)(H,28,29,32)/b23-13+/t24-/m0/s1/i1D3,2D3,24D. The molecule has 4 rings (SSSR count). The minimum atomic E-state index is -2.85. The first kappa shape index (κ1) is 17.2. The van der Waals surface area contributed by atoms with Crippen molar-refractivity contribution in [2.75, 3.05) is 14.1 Å². The molecule has 0 radical (unpaired) electrons. The van der Waals surface area contributed by atoms with E-state index in [0.717, 1.165) is 6.07 Å². The second-order valence-corrected chi connectivity index (χ2v) is 8.59. The van der Waals surface area contributed by atoms with Crippen LogP contribution in [0.5, 0.6) is 23.0 Å². The van der Waals surface area contributed by atoms with Crippen LogP contribution in [0.3, 0.4) is 0 Å². The molecule has 3 aromatic carbocycles. The monoisotopic (exact) mass is 512 g/mol. The molecular formula is C27H23NO7S. The van der Waals surface area contributed by atoms with Crippen molar-refractivity contribution >= 4 is 40.5 Å². The third-order valence-electron chi connectivity index (χ3n) is 5.05. The highest BCUT2D eigenvalue weighted by Crippen LogP contribution is 2.29. The lowest BCUT2D eigenvalue weighted by molar-refractivity contribution is -0.130. The molecule has 0 spiro atoms. The van der Waals surface area contributed by atoms with Crippen LogP contribution in [-0.2, 0) is 16.0 Å². The summed E-state index contributed by atoms with van der Waals surface area (Å²) in [7, 11) is -5.69. The predicted octanol–water partition coefficient (Wildman–Crippen LogP) is 5.02. The average molecular weight is 513 g/mol. The fourth-order valence-corrected chi connectivity index (χ4v) is 4.14. The molecule has 0 bridgehead atoms. The van der Waals surface area contributed by atoms with Crippen LogP contribution in [0.25, 0.3) is 11.6 Å². The maximum atomic E-state index is 12.1. The van der Waals surface area contributed by atoms with E-state index in [2.05, 4.69) is 5.32 Å². The number of amides is 2. The zero-order chi connectivity index (χ0) is 31.6. The van der Waals surface area contributed by atoms with Gasteiger partial charge in [0.05, 0.1) is 34.5 Å². The first-order valence-electron chi connectivity index (χ1n) is 13.9. The molecule has 8 nitrogen and oxygen atoms in total. The number of hydrogen-bond donors (Lipinski definition) is 2. The number of ether oxygens (including phenoxy) is 3. The number of imide groups is 1. The van der Waals surface area contributed by atoms with Crippen molar-refractivity contribution in [1.82, 2.24) is 5.32 Å². The van der Waals surface area contributed by atoms with Gasteiger partial charge in [-0.3, -0.25) is 14.9 Å². The fraction of sp³-hybridized carbons (Fsp3) is 0.148. The quantitative estimate of drug-likeness (QED) is 0.304. The number of carbonyl (C=O) groups excluding carboxylic acids is 2. The van der Waals surface area contributed by atoms with Gasteiger partial charge < -0.3 is 19.3 Å². The van der Waals surface area contributed by atoms with E-state index in [-0.39, 0.29) is 34.6 Å². The molecule has 1 saturated heterocycles. The summed E-state index contributed by atoms with van der Waals surface area (Å²) >= 11 is 0.621. The fourth-order valence-electron chi connectivity index (χ4n) is 3.39. The van der Waals surface area contributed by atoms with Crippen molar-refractivity contribution in [3.8, 4) is 23.0 Å². The largest absolute Gasteiger partial charge is 0.497 e. The number of rotatable bonds is 9. The number of carboxylic acid groups (broad SMARTS) is 1. The van der Waals surface area contributed by atoms with E-state index in [9.17, 15) is 19.5 Å². The molecule has 0 saturated carbocycles. The third-order valence-corrected chi connectivity index (χ3v) is 5.92. The van der Waals surface area contributed by atoms with Crippen LogP contribution in [0.15, 0.2) is 66.7 Å². The van der Waals surface area contributed by atoms with Crippen LogP contribution >= 0.6 is 11.8 Å². The lowest BCUT2D eigenvalue weighted by atomic mass is 10.0. The van der Waals surface area contributed by atoms with E-state index in [1.165, 1.54) is 42.5 Å². The van der Waals surface area contributed by atoms with Crippen molar-refractivity contribution in [2.24, 2.45) is 0 Å². The first-order valence-corrected chi connectivity index (χ1v) is 11.2. The van der Waals surface area contributed by atoms with Gasteiger partial charge in [0.1, 0.15) is 23.0 Å². The Morgan fingerprint density at radius 2 is 1.61 bits per heavy atom. The lowest BCUT2D eigenvalue weighted by Gasteiger charge is -2.10. The molecule has 2 amide bonds. The lowest BCUT2D eigenvalue weighted by Crippen LogP contribution is -2.25. The van der Waals surface area contributed by atoms with Gasteiger partial charge in [-0.2, -0.15) is 0 Å². The summed E-state index contributed by atoms with van der Waals surface area (Å²) < 4.78 is 67.7. The van der Waals surface area contributed by atoms with Crippen molar-refractivity contribution in [3.63, 3.8) is 0 Å². The van der Waals surface area contributed by atoms with Gasteiger partial charge in [-0.05, 0) is 65.6 Å². The molecule has 0 aliphatic carbocycles. The van der Waals surface area contributed by atoms with E-state index in [4.69, 9.17) is 23.8 Å². The molecule has 0 unspecified atom stereocenters. The number of nitrogens with one attached hydrogen (secondary N) is 1. The highest BCUT2D eigenvalue weighted by atomic mass is 32.2. The van der Waals surface area contributed by atoms with Gasteiger partial charge in [-0.25, -0.2) is 4.79 Å². The number of aliphatic carboxylic acids is 1. The summed E-state index contributed by atoms with van der Waals surface area (Å²) in [4.78, 5) is 35.5. The van der Waals surface area contributed by atoms with E-state index in [0.29, 0.717) is 28.8 Å². The minimum Gasteiger partial charge on any atom is -0.497 e. The zero-order valence-corrected chi connectivity index (χ0v) is 19.3. The average Bonchev–Trinajstić information content (AvgIpc) is 3.12. The Labute approximate surface area is 221 Å². The van der Waals surface area contributed by atoms with Crippen molar-refractivity contribution in [3.05, 3.63) is 83.4 Å².